The first kappa shape index (κ1) is 19.8. The van der Waals surface area contributed by atoms with Gasteiger partial charge in [0.25, 0.3) is 0 Å². The Morgan fingerprint density at radius 2 is 2.12 bits per heavy atom. The highest BCUT2D eigenvalue weighted by atomic mass is 127. The van der Waals surface area contributed by atoms with Crippen molar-refractivity contribution < 1.29 is 19.4 Å². The van der Waals surface area contributed by atoms with E-state index in [-0.39, 0.29) is 17.3 Å². The Morgan fingerprint density at radius 1 is 1.42 bits per heavy atom. The van der Waals surface area contributed by atoms with Crippen molar-refractivity contribution in [2.75, 3.05) is 7.11 Å². The first-order valence-electron chi connectivity index (χ1n) is 7.79. The molecule has 0 aliphatic heterocycles. The molecule has 0 aromatic heterocycles. The molecule has 0 saturated heterocycles. The van der Waals surface area contributed by atoms with Crippen molar-refractivity contribution in [1.82, 2.24) is 0 Å². The van der Waals surface area contributed by atoms with Crippen LogP contribution in [0.4, 0.5) is 0 Å². The van der Waals surface area contributed by atoms with E-state index in [1.165, 1.54) is 13.2 Å². The molecule has 0 radical (unpaired) electrons. The number of ketones is 2. The number of carbonyl (C=O) groups is 2. The van der Waals surface area contributed by atoms with E-state index in [0.29, 0.717) is 20.2 Å². The normalized spacial score (nSPS) is 28.2. The summed E-state index contributed by atoms with van der Waals surface area (Å²) in [5, 5.41) is 10.2. The maximum absolute atomic E-state index is 13.0. The third kappa shape index (κ3) is 2.92. The van der Waals surface area contributed by atoms with E-state index < -0.39 is 16.2 Å². The Balaban J connectivity index is 2.26. The van der Waals surface area contributed by atoms with Crippen LogP contribution in [0.25, 0.3) is 0 Å². The van der Waals surface area contributed by atoms with Gasteiger partial charge < -0.3 is 9.84 Å². The van der Waals surface area contributed by atoms with E-state index in [1.807, 2.05) is 28.7 Å². The number of fused-ring (bicyclic) bond motifs is 1. The van der Waals surface area contributed by atoms with Gasteiger partial charge in [-0.05, 0) is 68.2 Å². The summed E-state index contributed by atoms with van der Waals surface area (Å²) < 4.78 is 5.07. The molecule has 2 aliphatic carbocycles. The van der Waals surface area contributed by atoms with E-state index in [4.69, 9.17) is 4.74 Å². The van der Waals surface area contributed by atoms with Crippen molar-refractivity contribution >= 4 is 66.0 Å². The van der Waals surface area contributed by atoms with Gasteiger partial charge in [0.15, 0.2) is 23.1 Å². The number of halogens is 3. The van der Waals surface area contributed by atoms with Crippen LogP contribution in [-0.2, 0) is 9.59 Å². The van der Waals surface area contributed by atoms with Crippen LogP contribution in [-0.4, -0.2) is 28.1 Å². The van der Waals surface area contributed by atoms with Crippen LogP contribution in [0.3, 0.4) is 0 Å². The quantitative estimate of drug-likeness (QED) is 0.405. The molecule has 4 nitrogen and oxygen atoms in total. The molecule has 136 valence electrons. The zero-order valence-corrected chi connectivity index (χ0v) is 19.1. The minimum atomic E-state index is -1.11. The number of Topliss-reactive ketones (excluding diaryl/α,β-unsaturated/α-hetero) is 1. The molecule has 0 spiro atoms. The Kier molecular flexibility index (Phi) is 5.52. The fourth-order valence-corrected chi connectivity index (χ4v) is 5.76. The largest absolute Gasteiger partial charge is 0.504 e. The Hall–Kier alpha value is -0.930. The van der Waals surface area contributed by atoms with E-state index in [1.54, 1.807) is 18.2 Å². The maximum atomic E-state index is 13.0. The van der Waals surface area contributed by atoms with E-state index in [2.05, 4.69) is 38.4 Å². The minimum absolute atomic E-state index is 0.0469. The Labute approximate surface area is 181 Å². The first-order valence-corrected chi connectivity index (χ1v) is 10.5. The molecular weight excluding hydrogens is 579 g/mol. The van der Waals surface area contributed by atoms with Crippen LogP contribution in [0.2, 0.25) is 0 Å². The van der Waals surface area contributed by atoms with Gasteiger partial charge in [-0.25, -0.2) is 0 Å². The van der Waals surface area contributed by atoms with Crippen molar-refractivity contribution in [3.05, 3.63) is 56.1 Å². The molecule has 3 rings (SSSR count). The first-order chi connectivity index (χ1) is 12.2. The average molecular weight is 594 g/mol. The number of rotatable bonds is 3. The number of carbonyl (C=O) groups excluding carboxylic acids is 2. The van der Waals surface area contributed by atoms with Crippen LogP contribution in [0.5, 0.6) is 11.5 Å². The Morgan fingerprint density at radius 3 is 2.73 bits per heavy atom. The number of ether oxygens (including phenoxy) is 1. The highest BCUT2D eigenvalue weighted by Crippen LogP contribution is 2.55. The van der Waals surface area contributed by atoms with Crippen molar-refractivity contribution in [3.8, 4) is 11.5 Å². The number of benzene rings is 1. The van der Waals surface area contributed by atoms with Crippen molar-refractivity contribution in [2.45, 2.75) is 16.7 Å². The van der Waals surface area contributed by atoms with Gasteiger partial charge in [0.1, 0.15) is 4.32 Å². The highest BCUT2D eigenvalue weighted by Gasteiger charge is 2.56. The third-order valence-electron chi connectivity index (χ3n) is 4.88. The molecule has 2 aliphatic rings. The number of phenolic OH excluding ortho intramolecular Hbond substituents is 1. The summed E-state index contributed by atoms with van der Waals surface area (Å²) >= 11 is 8.87. The molecule has 1 N–H and O–H groups in total. The second-order valence-electron chi connectivity index (χ2n) is 6.17. The Bertz CT molecular complexity index is 890. The number of hydrogen-bond donors (Lipinski definition) is 1. The standard InChI is InChI=1S/C19H15Br2IO4/c1-3-9-4-5-11-17(24)12(20)8-15(23)19(11,21)16(9)10-6-13(22)18(25)14(7-10)26-2/h3-4,6-8,11,16,25H,1,5H2,2H3/t11-,16+,19+/m0/s1. The summed E-state index contributed by atoms with van der Waals surface area (Å²) in [6.45, 7) is 3.88. The zero-order valence-electron chi connectivity index (χ0n) is 13.8. The van der Waals surface area contributed by atoms with E-state index in [9.17, 15) is 14.7 Å². The summed E-state index contributed by atoms with van der Waals surface area (Å²) in [6.07, 6.45) is 5.45. The molecule has 0 amide bonds. The average Bonchev–Trinajstić information content (AvgIpc) is 2.61. The van der Waals surface area contributed by atoms with Gasteiger partial charge >= 0.3 is 0 Å². The molecule has 0 bridgehead atoms. The molecule has 0 fully saturated rings. The molecule has 3 atom stereocenters. The molecule has 0 unspecified atom stereocenters. The molecule has 7 heteroatoms. The lowest BCUT2D eigenvalue weighted by Gasteiger charge is -2.45. The molecule has 26 heavy (non-hydrogen) atoms. The number of hydrogen-bond acceptors (Lipinski definition) is 4. The van der Waals surface area contributed by atoms with Crippen molar-refractivity contribution in [1.29, 1.82) is 0 Å². The minimum Gasteiger partial charge on any atom is -0.504 e. The lowest BCUT2D eigenvalue weighted by Crippen LogP contribution is -2.52. The fourth-order valence-electron chi connectivity index (χ4n) is 3.61. The summed E-state index contributed by atoms with van der Waals surface area (Å²) in [5.41, 5.74) is 1.62. The smallest absolute Gasteiger partial charge is 0.175 e. The maximum Gasteiger partial charge on any atom is 0.175 e. The van der Waals surface area contributed by atoms with Crippen molar-refractivity contribution in [3.63, 3.8) is 0 Å². The lowest BCUT2D eigenvalue weighted by atomic mass is 9.64. The monoisotopic (exact) mass is 592 g/mol. The molecule has 0 saturated carbocycles. The van der Waals surface area contributed by atoms with E-state index >= 15 is 0 Å². The van der Waals surface area contributed by atoms with Crippen molar-refractivity contribution in [2.24, 2.45) is 5.92 Å². The summed E-state index contributed by atoms with van der Waals surface area (Å²) in [5.74, 6) is -0.874. The van der Waals surface area contributed by atoms with Crippen LogP contribution < -0.4 is 4.74 Å². The van der Waals surface area contributed by atoms with E-state index in [0.717, 1.165) is 11.1 Å². The third-order valence-corrected chi connectivity index (χ3v) is 7.72. The fraction of sp³-hybridized carbons (Fsp3) is 0.263. The van der Waals surface area contributed by atoms with Gasteiger partial charge in [0.2, 0.25) is 0 Å². The molecule has 1 aromatic rings. The number of aromatic hydroxyl groups is 1. The van der Waals surface area contributed by atoms with Crippen LogP contribution in [0.15, 0.2) is 47.0 Å². The number of allylic oxidation sites excluding steroid dienone is 5. The highest BCUT2D eigenvalue weighted by molar-refractivity contribution is 14.1. The summed E-state index contributed by atoms with van der Waals surface area (Å²) in [7, 11) is 1.47. The lowest BCUT2D eigenvalue weighted by molar-refractivity contribution is -0.127. The second kappa shape index (κ2) is 7.24. The van der Waals surface area contributed by atoms with Crippen LogP contribution >= 0.6 is 54.5 Å². The number of alkyl halides is 1. The van der Waals surface area contributed by atoms with Gasteiger partial charge in [0, 0.05) is 12.0 Å². The van der Waals surface area contributed by atoms with Crippen LogP contribution in [0.1, 0.15) is 17.9 Å². The number of methoxy groups -OCH3 is 1. The number of phenols is 1. The van der Waals surface area contributed by atoms with Crippen LogP contribution in [0, 0.1) is 9.49 Å². The zero-order chi connectivity index (χ0) is 19.2. The molecule has 0 heterocycles. The second-order valence-corrected chi connectivity index (χ2v) is 9.50. The predicted octanol–water partition coefficient (Wildman–Crippen LogP) is 4.79. The molecular formula is C19H15Br2IO4. The SMILES string of the molecule is C=CC1=CC[C@H]2C(=O)C(Br)=CC(=O)[C@@]2(Br)[C@H]1c1cc(I)c(O)c(OC)c1. The van der Waals surface area contributed by atoms with Gasteiger partial charge in [-0.1, -0.05) is 34.7 Å². The van der Waals surface area contributed by atoms with Gasteiger partial charge in [-0.3, -0.25) is 9.59 Å². The topological polar surface area (TPSA) is 63.6 Å². The van der Waals surface area contributed by atoms with Gasteiger partial charge in [0.05, 0.1) is 21.1 Å². The summed E-state index contributed by atoms with van der Waals surface area (Å²) in [6, 6.07) is 3.51. The predicted molar refractivity (Wildman–Crippen MR) is 115 cm³/mol. The summed E-state index contributed by atoms with van der Waals surface area (Å²) in [4.78, 5) is 25.7. The van der Waals surface area contributed by atoms with Gasteiger partial charge in [-0.15, -0.1) is 0 Å². The van der Waals surface area contributed by atoms with Gasteiger partial charge in [-0.2, -0.15) is 0 Å². The molecule has 1 aromatic carbocycles.